The lowest BCUT2D eigenvalue weighted by molar-refractivity contribution is 0.234. The van der Waals surface area contributed by atoms with E-state index in [1.807, 2.05) is 5.48 Å². The van der Waals surface area contributed by atoms with Crippen molar-refractivity contribution < 1.29 is 18.4 Å². The molecule has 1 aliphatic carbocycles. The van der Waals surface area contributed by atoms with Crippen LogP contribution in [0.15, 0.2) is 32.3 Å². The topological polar surface area (TPSA) is 136 Å². The summed E-state index contributed by atoms with van der Waals surface area (Å²) in [6.07, 6.45) is 2.62. The van der Waals surface area contributed by atoms with Crippen molar-refractivity contribution >= 4 is 37.4 Å². The molecule has 0 aliphatic heterocycles. The molecule has 0 bridgehead atoms. The maximum Gasteiger partial charge on any atom is 0.181 e. The number of nitrogens with one attached hydrogen (secondary N) is 3. The van der Waals surface area contributed by atoms with Gasteiger partial charge < -0.3 is 0 Å². The molecule has 1 unspecified atom stereocenters. The maximum absolute atomic E-state index is 13.3. The minimum absolute atomic E-state index is 0.0000130. The van der Waals surface area contributed by atoms with E-state index in [4.69, 9.17) is 9.41 Å². The fourth-order valence-corrected chi connectivity index (χ4v) is 4.21. The van der Waals surface area contributed by atoms with Crippen molar-refractivity contribution in [3.8, 4) is 0 Å². The average Bonchev–Trinajstić information content (AvgIpc) is 3.40. The zero-order valence-electron chi connectivity index (χ0n) is 14.1. The van der Waals surface area contributed by atoms with E-state index in [0.29, 0.717) is 30.8 Å². The van der Waals surface area contributed by atoms with Gasteiger partial charge in [-0.3, -0.25) is 10.7 Å². The molecule has 1 fully saturated rings. The highest BCUT2D eigenvalue weighted by molar-refractivity contribution is 9.10. The molecule has 1 aromatic heterocycles. The first-order valence-corrected chi connectivity index (χ1v) is 10.6. The molecule has 146 valence electrons. The largest absolute Gasteiger partial charge is 0.290 e. The van der Waals surface area contributed by atoms with Crippen LogP contribution in [0, 0.1) is 10.6 Å². The van der Waals surface area contributed by atoms with Crippen LogP contribution in [-0.2, 0) is 16.3 Å². The van der Waals surface area contributed by atoms with Crippen molar-refractivity contribution in [2.75, 3.05) is 6.54 Å². The van der Waals surface area contributed by atoms with Gasteiger partial charge in [0.15, 0.2) is 11.5 Å². The zero-order valence-corrected chi connectivity index (χ0v) is 16.5. The highest BCUT2D eigenvalue weighted by Crippen LogP contribution is 2.27. The van der Waals surface area contributed by atoms with Crippen LogP contribution in [0.25, 0.3) is 0 Å². The van der Waals surface area contributed by atoms with Gasteiger partial charge in [-0.25, -0.2) is 27.7 Å². The van der Waals surface area contributed by atoms with Gasteiger partial charge in [0.1, 0.15) is 21.4 Å². The van der Waals surface area contributed by atoms with Crippen LogP contribution in [0.3, 0.4) is 0 Å². The zero-order chi connectivity index (χ0) is 19.4. The average molecular weight is 461 g/mol. The lowest BCUT2D eigenvalue weighted by Crippen LogP contribution is -2.27. The van der Waals surface area contributed by atoms with E-state index in [1.165, 1.54) is 18.2 Å². The Labute approximate surface area is 163 Å². The number of hydrogen-bond acceptors (Lipinski definition) is 7. The monoisotopic (exact) mass is 460 g/mol. The minimum Gasteiger partial charge on any atom is -0.290 e. The molecule has 4 N–H and O–H groups in total. The Morgan fingerprint density at radius 1 is 1.48 bits per heavy atom. The molecule has 1 aliphatic rings. The number of halogens is 2. The number of benzene rings is 1. The second-order valence-corrected chi connectivity index (χ2v) is 9.04. The van der Waals surface area contributed by atoms with E-state index in [2.05, 4.69) is 36.0 Å². The molecule has 1 heterocycles. The number of hydroxylamine groups is 1. The van der Waals surface area contributed by atoms with Crippen LogP contribution in [-0.4, -0.2) is 37.4 Å². The number of amidine groups is 1. The Hall–Kier alpha value is -1.89. The smallest absolute Gasteiger partial charge is 0.181 e. The van der Waals surface area contributed by atoms with Gasteiger partial charge in [-0.05, 0) is 65.0 Å². The van der Waals surface area contributed by atoms with Crippen LogP contribution in [0.2, 0.25) is 0 Å². The SMILES string of the molecule is N=S(=O)(NCCCc1nonc1C(=Nc1ccc(F)c(Br)c1)NO)C1CC1. The summed E-state index contributed by atoms with van der Waals surface area (Å²) in [4.78, 5) is 4.19. The summed E-state index contributed by atoms with van der Waals surface area (Å²) in [5.41, 5.74) is 3.00. The van der Waals surface area contributed by atoms with Gasteiger partial charge in [0.25, 0.3) is 0 Å². The Kier molecular flexibility index (Phi) is 6.19. The Balaban J connectivity index is 1.66. The predicted molar refractivity (Wildman–Crippen MR) is 99.7 cm³/mol. The molecule has 9 nitrogen and oxygen atoms in total. The molecular formula is C15H18BrFN6O3S. The van der Waals surface area contributed by atoms with Gasteiger partial charge in [0.05, 0.1) is 15.4 Å². The summed E-state index contributed by atoms with van der Waals surface area (Å²) in [5, 5.41) is 16.9. The van der Waals surface area contributed by atoms with E-state index in [0.717, 1.165) is 12.8 Å². The van der Waals surface area contributed by atoms with Crippen molar-refractivity contribution in [2.45, 2.75) is 30.9 Å². The van der Waals surface area contributed by atoms with Crippen molar-refractivity contribution in [3.63, 3.8) is 0 Å². The minimum atomic E-state index is -2.73. The molecule has 0 spiro atoms. The first-order chi connectivity index (χ1) is 12.9. The molecule has 0 amide bonds. The Morgan fingerprint density at radius 2 is 2.26 bits per heavy atom. The summed E-state index contributed by atoms with van der Waals surface area (Å²) in [6, 6.07) is 4.13. The quantitative estimate of drug-likeness (QED) is 0.207. The van der Waals surface area contributed by atoms with Crippen molar-refractivity contribution in [1.82, 2.24) is 20.5 Å². The second kappa shape index (κ2) is 8.42. The number of nitrogens with zero attached hydrogens (tertiary/aromatic N) is 3. The third-order valence-corrected chi connectivity index (χ3v) is 6.58. The normalized spacial score (nSPS) is 16.9. The first-order valence-electron chi connectivity index (χ1n) is 8.18. The lowest BCUT2D eigenvalue weighted by Gasteiger charge is -2.07. The van der Waals surface area contributed by atoms with Crippen molar-refractivity contribution in [3.05, 3.63) is 39.9 Å². The first kappa shape index (κ1) is 19.9. The summed E-state index contributed by atoms with van der Waals surface area (Å²) in [5.74, 6) is -0.430. The number of hydrogen-bond donors (Lipinski definition) is 4. The summed E-state index contributed by atoms with van der Waals surface area (Å²) in [6.45, 7) is 0.384. The van der Waals surface area contributed by atoms with Crippen molar-refractivity contribution in [1.29, 1.82) is 4.78 Å². The lowest BCUT2D eigenvalue weighted by atomic mass is 10.2. The summed E-state index contributed by atoms with van der Waals surface area (Å²) >= 11 is 3.07. The van der Waals surface area contributed by atoms with Crippen molar-refractivity contribution in [2.24, 2.45) is 4.99 Å². The van der Waals surface area contributed by atoms with Crippen LogP contribution >= 0.6 is 15.9 Å². The van der Waals surface area contributed by atoms with Crippen LogP contribution in [0.5, 0.6) is 0 Å². The fourth-order valence-electron chi connectivity index (χ4n) is 2.36. The maximum atomic E-state index is 13.3. The number of aliphatic imine (C=N–C) groups is 1. The molecule has 12 heteroatoms. The Bertz CT molecular complexity index is 945. The highest BCUT2D eigenvalue weighted by atomic mass is 79.9. The number of aromatic nitrogens is 2. The van der Waals surface area contributed by atoms with Gasteiger partial charge in [0, 0.05) is 6.54 Å². The molecule has 0 radical (unpaired) electrons. The second-order valence-electron chi connectivity index (χ2n) is 6.03. The van der Waals surface area contributed by atoms with Gasteiger partial charge in [-0.15, -0.1) is 0 Å². The van der Waals surface area contributed by atoms with Gasteiger partial charge >= 0.3 is 0 Å². The molecular weight excluding hydrogens is 443 g/mol. The third kappa shape index (κ3) is 5.09. The fraction of sp³-hybridized carbons (Fsp3) is 0.400. The van der Waals surface area contributed by atoms with Gasteiger partial charge in [0.2, 0.25) is 0 Å². The standard InChI is InChI=1S/C15H18BrFN6O3S/c16-11-8-9(3-6-12(11)17)20-15(21-24)14-13(22-26-23-14)2-1-7-19-27(18,25)10-4-5-10/h3,6,8,10,24H,1-2,4-5,7H2,(H,20,21)(H2,18,19,25). The summed E-state index contributed by atoms with van der Waals surface area (Å²) in [7, 11) is -2.73. The van der Waals surface area contributed by atoms with E-state index in [1.54, 1.807) is 0 Å². The molecule has 27 heavy (non-hydrogen) atoms. The number of aryl methyl sites for hydroxylation is 1. The van der Waals surface area contributed by atoms with E-state index < -0.39 is 15.7 Å². The predicted octanol–water partition coefficient (Wildman–Crippen LogP) is 2.67. The van der Waals surface area contributed by atoms with E-state index in [-0.39, 0.29) is 21.3 Å². The highest BCUT2D eigenvalue weighted by Gasteiger charge is 2.32. The molecule has 0 saturated heterocycles. The molecule has 1 aromatic carbocycles. The van der Waals surface area contributed by atoms with Gasteiger partial charge in [-0.2, -0.15) is 0 Å². The van der Waals surface area contributed by atoms with E-state index in [9.17, 15) is 13.8 Å². The van der Waals surface area contributed by atoms with Gasteiger partial charge in [-0.1, -0.05) is 5.16 Å². The molecule has 3 rings (SSSR count). The number of rotatable bonds is 8. The van der Waals surface area contributed by atoms with Crippen LogP contribution in [0.4, 0.5) is 10.1 Å². The molecule has 1 atom stereocenters. The third-order valence-electron chi connectivity index (χ3n) is 3.93. The Morgan fingerprint density at radius 3 is 2.93 bits per heavy atom. The summed E-state index contributed by atoms with van der Waals surface area (Å²) < 4.78 is 40.9. The van der Waals surface area contributed by atoms with Crippen LogP contribution in [0.1, 0.15) is 30.7 Å². The molecule has 2 aromatic rings. The van der Waals surface area contributed by atoms with E-state index >= 15 is 0 Å². The molecule has 1 saturated carbocycles. The van der Waals surface area contributed by atoms with Crippen LogP contribution < -0.4 is 10.2 Å².